The Morgan fingerprint density at radius 1 is 0.757 bits per heavy atom. The van der Waals surface area contributed by atoms with Crippen molar-refractivity contribution in [2.24, 2.45) is 0 Å². The number of methoxy groups -OCH3 is 1. The molecule has 0 spiro atoms. The van der Waals surface area contributed by atoms with Crippen molar-refractivity contribution < 1.29 is 47.5 Å². The second-order valence-corrected chi connectivity index (χ2v) is 7.74. The molecule has 10 heteroatoms. The van der Waals surface area contributed by atoms with Gasteiger partial charge in [0.25, 0.3) is 0 Å². The average Bonchev–Trinajstić information content (AvgIpc) is 2.88. The number of carbonyl (C=O) groups excluding carboxylic acids is 2. The van der Waals surface area contributed by atoms with Gasteiger partial charge in [0.2, 0.25) is 0 Å². The lowest BCUT2D eigenvalue weighted by Crippen LogP contribution is -2.17. The normalized spacial score (nSPS) is 11.6. The van der Waals surface area contributed by atoms with Crippen molar-refractivity contribution in [2.75, 3.05) is 86.4 Å². The summed E-state index contributed by atoms with van der Waals surface area (Å²) < 4.78 is 42.4. The van der Waals surface area contributed by atoms with Crippen LogP contribution in [0.2, 0.25) is 0 Å². The van der Waals surface area contributed by atoms with E-state index >= 15 is 0 Å². The van der Waals surface area contributed by atoms with Crippen molar-refractivity contribution >= 4 is 11.8 Å². The molecule has 0 radical (unpaired) electrons. The Morgan fingerprint density at radius 3 is 1.68 bits per heavy atom. The minimum absolute atomic E-state index is 0.132. The van der Waals surface area contributed by atoms with Crippen molar-refractivity contribution in [3.05, 3.63) is 29.8 Å². The molecule has 0 saturated carbocycles. The first-order valence-corrected chi connectivity index (χ1v) is 12.3. The number of carbonyl (C=O) groups is 2. The fraction of sp³-hybridized carbons (Fsp3) is 0.630. The Bertz CT molecular complexity index is 759. The molecule has 0 fully saturated rings. The van der Waals surface area contributed by atoms with E-state index in [2.05, 4.69) is 5.92 Å². The molecule has 0 heterocycles. The van der Waals surface area contributed by atoms with Gasteiger partial charge < -0.3 is 37.9 Å². The van der Waals surface area contributed by atoms with Crippen LogP contribution in [0.15, 0.2) is 24.3 Å². The van der Waals surface area contributed by atoms with Crippen molar-refractivity contribution in [3.63, 3.8) is 0 Å². The van der Waals surface area contributed by atoms with Crippen molar-refractivity contribution in [2.45, 2.75) is 25.9 Å². The van der Waals surface area contributed by atoms with E-state index in [0.717, 1.165) is 5.56 Å². The van der Waals surface area contributed by atoms with Gasteiger partial charge in [-0.15, -0.1) is 6.42 Å². The summed E-state index contributed by atoms with van der Waals surface area (Å²) in [5.74, 6) is 2.08. The van der Waals surface area contributed by atoms with E-state index in [4.69, 9.17) is 44.3 Å². The summed E-state index contributed by atoms with van der Waals surface area (Å²) in [6.45, 7) is 7.54. The molecule has 37 heavy (non-hydrogen) atoms. The largest absolute Gasteiger partial charge is 0.491 e. The summed E-state index contributed by atoms with van der Waals surface area (Å²) >= 11 is 0. The lowest BCUT2D eigenvalue weighted by Gasteiger charge is -2.09. The van der Waals surface area contributed by atoms with Gasteiger partial charge in [-0.05, 0) is 24.6 Å². The molecule has 10 nitrogen and oxygen atoms in total. The van der Waals surface area contributed by atoms with Crippen LogP contribution >= 0.6 is 0 Å². The molecule has 1 aromatic carbocycles. The van der Waals surface area contributed by atoms with Gasteiger partial charge in [0, 0.05) is 13.5 Å². The van der Waals surface area contributed by atoms with Crippen LogP contribution in [0.3, 0.4) is 0 Å². The topological polar surface area (TPSA) is 108 Å². The number of hydrogen-bond donors (Lipinski definition) is 0. The van der Waals surface area contributed by atoms with Gasteiger partial charge in [-0.25, -0.2) is 0 Å². The van der Waals surface area contributed by atoms with Crippen LogP contribution < -0.4 is 4.74 Å². The maximum Gasteiger partial charge on any atom is 0.314 e. The number of terminal acetylenes is 1. The highest BCUT2D eigenvalue weighted by Crippen LogP contribution is 2.13. The van der Waals surface area contributed by atoms with E-state index in [1.165, 1.54) is 0 Å². The van der Waals surface area contributed by atoms with Gasteiger partial charge in [0.1, 0.15) is 24.6 Å². The highest BCUT2D eigenvalue weighted by Gasteiger charge is 2.13. The number of esters is 1. The van der Waals surface area contributed by atoms with Crippen LogP contribution in [-0.2, 0) is 49.2 Å². The van der Waals surface area contributed by atoms with Gasteiger partial charge in [0.05, 0.1) is 72.7 Å². The molecule has 0 aliphatic heterocycles. The lowest BCUT2D eigenvalue weighted by molar-refractivity contribution is -0.147. The maximum atomic E-state index is 12.0. The number of Topliss-reactive ketones (excluding diaryl/α,β-unsaturated/α-hetero) is 1. The molecule has 0 aliphatic carbocycles. The third-order valence-electron chi connectivity index (χ3n) is 4.63. The Hall–Kier alpha value is -2.52. The van der Waals surface area contributed by atoms with Gasteiger partial charge in [0.15, 0.2) is 6.10 Å². The van der Waals surface area contributed by atoms with Crippen LogP contribution in [0.5, 0.6) is 5.75 Å². The van der Waals surface area contributed by atoms with E-state index in [1.54, 1.807) is 38.3 Å². The molecule has 1 atom stereocenters. The Kier molecular flexibility index (Phi) is 19.9. The summed E-state index contributed by atoms with van der Waals surface area (Å²) in [6.07, 6.45) is 4.33. The summed E-state index contributed by atoms with van der Waals surface area (Å²) in [7, 11) is 1.64. The number of benzene rings is 1. The molecule has 1 rings (SSSR count). The first-order valence-electron chi connectivity index (χ1n) is 12.3. The van der Waals surface area contributed by atoms with Crippen LogP contribution in [-0.4, -0.2) is 104 Å². The highest BCUT2D eigenvalue weighted by atomic mass is 16.6. The van der Waals surface area contributed by atoms with Gasteiger partial charge in [-0.3, -0.25) is 9.59 Å². The Labute approximate surface area is 219 Å². The van der Waals surface area contributed by atoms with E-state index in [-0.39, 0.29) is 18.6 Å². The van der Waals surface area contributed by atoms with E-state index in [0.29, 0.717) is 85.0 Å². The predicted molar refractivity (Wildman–Crippen MR) is 136 cm³/mol. The third-order valence-corrected chi connectivity index (χ3v) is 4.63. The molecule has 0 N–H and O–H groups in total. The average molecular weight is 525 g/mol. The molecule has 0 amide bonds. The number of ether oxygens (including phenoxy) is 8. The van der Waals surface area contributed by atoms with Gasteiger partial charge in [-0.2, -0.15) is 0 Å². The number of hydrogen-bond acceptors (Lipinski definition) is 10. The van der Waals surface area contributed by atoms with Crippen LogP contribution in [0.1, 0.15) is 18.9 Å². The molecule has 0 saturated heterocycles. The molecule has 0 bridgehead atoms. The van der Waals surface area contributed by atoms with Gasteiger partial charge >= 0.3 is 5.97 Å². The minimum atomic E-state index is -0.646. The summed E-state index contributed by atoms with van der Waals surface area (Å²) in [4.78, 5) is 23.6. The zero-order chi connectivity index (χ0) is 27.0. The molecule has 0 aromatic heterocycles. The van der Waals surface area contributed by atoms with Gasteiger partial charge in [-0.1, -0.05) is 18.1 Å². The molecular weight excluding hydrogens is 484 g/mol. The van der Waals surface area contributed by atoms with Crippen LogP contribution in [0.25, 0.3) is 0 Å². The summed E-state index contributed by atoms with van der Waals surface area (Å²) in [5.41, 5.74) is 0.781. The quantitative estimate of drug-likeness (QED) is 0.0861. The molecule has 1 aromatic rings. The summed E-state index contributed by atoms with van der Waals surface area (Å²) in [6, 6.07) is 7.10. The molecule has 0 aliphatic rings. The zero-order valence-corrected chi connectivity index (χ0v) is 21.9. The third kappa shape index (κ3) is 19.3. The Morgan fingerprint density at radius 2 is 1.22 bits per heavy atom. The highest BCUT2D eigenvalue weighted by molar-refractivity contribution is 5.96. The first-order chi connectivity index (χ1) is 18.0. The molecule has 208 valence electrons. The lowest BCUT2D eigenvalue weighted by atomic mass is 10.1. The first kappa shape index (κ1) is 32.5. The predicted octanol–water partition coefficient (Wildman–Crippen LogP) is 1.86. The van der Waals surface area contributed by atoms with Crippen LogP contribution in [0, 0.1) is 12.3 Å². The van der Waals surface area contributed by atoms with Crippen molar-refractivity contribution in [1.82, 2.24) is 0 Å². The second-order valence-electron chi connectivity index (χ2n) is 7.74. The van der Waals surface area contributed by atoms with E-state index in [1.807, 2.05) is 0 Å². The van der Waals surface area contributed by atoms with E-state index < -0.39 is 12.1 Å². The zero-order valence-electron chi connectivity index (χ0n) is 21.9. The van der Waals surface area contributed by atoms with E-state index in [9.17, 15) is 9.59 Å². The second kappa shape index (κ2) is 22.7. The number of rotatable bonds is 24. The fourth-order valence-corrected chi connectivity index (χ4v) is 2.77. The summed E-state index contributed by atoms with van der Waals surface area (Å²) in [5, 5.41) is 0. The molecule has 1 unspecified atom stereocenters. The SMILES string of the molecule is C#CC(C)OC(=O)CC(=O)Cc1ccc(OCCOCCOCCOCCOCCOCCOC)cc1. The minimum Gasteiger partial charge on any atom is -0.491 e. The smallest absolute Gasteiger partial charge is 0.314 e. The van der Waals surface area contributed by atoms with Crippen molar-refractivity contribution in [3.8, 4) is 18.1 Å². The Balaban J connectivity index is 1.93. The van der Waals surface area contributed by atoms with Crippen LogP contribution in [0.4, 0.5) is 0 Å². The monoisotopic (exact) mass is 524 g/mol. The maximum absolute atomic E-state index is 12.0. The van der Waals surface area contributed by atoms with Crippen molar-refractivity contribution in [1.29, 1.82) is 0 Å². The standard InChI is InChI=1S/C27H40O10/c1-4-23(2)37-27(29)22-25(28)21-24-5-7-26(8-6-24)36-20-19-35-18-17-34-16-15-33-14-13-32-12-11-31-10-9-30-3/h1,5-8,23H,9-22H2,2-3H3. The molecular formula is C27H40O10. The fourth-order valence-electron chi connectivity index (χ4n) is 2.77. The number of ketones is 1.